The molecule has 7 nitrogen and oxygen atoms in total. The fourth-order valence-corrected chi connectivity index (χ4v) is 3.55. The Hall–Kier alpha value is -3.58. The first kappa shape index (κ1) is 24.1. The Morgan fingerprint density at radius 3 is 2.58 bits per heavy atom. The molecule has 0 unspecified atom stereocenters. The van der Waals surface area contributed by atoms with Crippen LogP contribution in [-0.4, -0.2) is 57.4 Å². The Morgan fingerprint density at radius 2 is 1.85 bits per heavy atom. The molecule has 2 aromatic carbocycles. The average molecular weight is 451 g/mol. The van der Waals surface area contributed by atoms with Crippen molar-refractivity contribution in [3.63, 3.8) is 0 Å². The molecule has 0 radical (unpaired) electrons. The number of anilines is 1. The van der Waals surface area contributed by atoms with Crippen LogP contribution < -0.4 is 14.4 Å². The van der Waals surface area contributed by atoms with Gasteiger partial charge in [0.25, 0.3) is 0 Å². The van der Waals surface area contributed by atoms with Gasteiger partial charge in [-0.3, -0.25) is 9.80 Å². The van der Waals surface area contributed by atoms with E-state index in [1.165, 1.54) is 7.11 Å². The standard InChI is InChI=1S/C26H30N2O5/c1-4-15-27(2)16-5-6-18-32-23-13-14-24-21(19-23)8-7-17-28(24)26(30)33-22-11-9-20(10-12-22)25(29)31-3/h4-6,9-14,19H,1,7-8,15-18H2,2-3H3/b6-5+. The van der Waals surface area contributed by atoms with Crippen LogP contribution in [0, 0.1) is 0 Å². The maximum atomic E-state index is 12.8. The van der Waals surface area contributed by atoms with Gasteiger partial charge in [-0.1, -0.05) is 18.2 Å². The number of amides is 1. The molecule has 0 spiro atoms. The summed E-state index contributed by atoms with van der Waals surface area (Å²) in [6.07, 6.45) is 7.18. The number of nitrogens with zero attached hydrogens (tertiary/aromatic N) is 2. The number of hydrogen-bond acceptors (Lipinski definition) is 6. The Morgan fingerprint density at radius 1 is 1.09 bits per heavy atom. The van der Waals surface area contributed by atoms with Crippen LogP contribution in [0.5, 0.6) is 11.5 Å². The molecule has 0 saturated heterocycles. The summed E-state index contributed by atoms with van der Waals surface area (Å²) in [6.45, 7) is 6.46. The van der Waals surface area contributed by atoms with Crippen molar-refractivity contribution in [1.29, 1.82) is 0 Å². The minimum atomic E-state index is -0.456. The molecule has 1 aliphatic heterocycles. The van der Waals surface area contributed by atoms with E-state index < -0.39 is 12.1 Å². The number of ether oxygens (including phenoxy) is 3. The summed E-state index contributed by atoms with van der Waals surface area (Å²) in [7, 11) is 3.35. The number of hydrogen-bond donors (Lipinski definition) is 0. The molecular formula is C26H30N2O5. The van der Waals surface area contributed by atoms with Crippen molar-refractivity contribution < 1.29 is 23.8 Å². The van der Waals surface area contributed by atoms with Crippen molar-refractivity contribution in [2.75, 3.05) is 45.3 Å². The SMILES string of the molecule is C=CCN(C)C/C=C/COc1ccc2c(c1)CCCN2C(=O)Oc1ccc(C(=O)OC)cc1. The van der Waals surface area contributed by atoms with Crippen LogP contribution in [0.25, 0.3) is 0 Å². The smallest absolute Gasteiger partial charge is 0.419 e. The molecule has 0 aromatic heterocycles. The van der Waals surface area contributed by atoms with Gasteiger partial charge in [-0.25, -0.2) is 9.59 Å². The van der Waals surface area contributed by atoms with Gasteiger partial charge in [0.15, 0.2) is 0 Å². The van der Waals surface area contributed by atoms with Gasteiger partial charge < -0.3 is 14.2 Å². The number of esters is 1. The molecule has 1 aliphatic rings. The van der Waals surface area contributed by atoms with Crippen LogP contribution in [-0.2, 0) is 11.2 Å². The van der Waals surface area contributed by atoms with Crippen molar-refractivity contribution in [1.82, 2.24) is 4.90 Å². The van der Waals surface area contributed by atoms with Crippen molar-refractivity contribution >= 4 is 17.7 Å². The molecular weight excluding hydrogens is 420 g/mol. The van der Waals surface area contributed by atoms with Crippen LogP contribution in [0.3, 0.4) is 0 Å². The predicted octanol–water partition coefficient (Wildman–Crippen LogP) is 4.48. The molecule has 0 aliphatic carbocycles. The molecule has 0 bridgehead atoms. The van der Waals surface area contributed by atoms with Gasteiger partial charge >= 0.3 is 12.1 Å². The lowest BCUT2D eigenvalue weighted by Gasteiger charge is -2.29. The maximum Gasteiger partial charge on any atom is 0.419 e. The minimum absolute atomic E-state index is 0.366. The van der Waals surface area contributed by atoms with Gasteiger partial charge in [-0.05, 0) is 67.9 Å². The highest BCUT2D eigenvalue weighted by atomic mass is 16.6. The van der Waals surface area contributed by atoms with Crippen molar-refractivity contribution in [2.24, 2.45) is 0 Å². The second-order valence-electron chi connectivity index (χ2n) is 7.72. The normalized spacial score (nSPS) is 13.0. The molecule has 0 N–H and O–H groups in total. The Bertz CT molecular complexity index is 1000. The van der Waals surface area contributed by atoms with Gasteiger partial charge in [0.2, 0.25) is 0 Å². The third-order valence-corrected chi connectivity index (χ3v) is 5.24. The Balaban J connectivity index is 1.59. The molecule has 2 aromatic rings. The van der Waals surface area contributed by atoms with E-state index in [1.807, 2.05) is 37.4 Å². The molecule has 174 valence electrons. The third kappa shape index (κ3) is 6.70. The lowest BCUT2D eigenvalue weighted by molar-refractivity contribution is 0.0600. The summed E-state index contributed by atoms with van der Waals surface area (Å²) < 4.78 is 16.1. The molecule has 3 rings (SSSR count). The van der Waals surface area contributed by atoms with Crippen LogP contribution in [0.2, 0.25) is 0 Å². The Labute approximate surface area is 194 Å². The molecule has 33 heavy (non-hydrogen) atoms. The summed E-state index contributed by atoms with van der Waals surface area (Å²) in [4.78, 5) is 28.1. The number of carbonyl (C=O) groups excluding carboxylic acids is 2. The first-order valence-electron chi connectivity index (χ1n) is 10.9. The zero-order valence-corrected chi connectivity index (χ0v) is 19.2. The lowest BCUT2D eigenvalue weighted by atomic mass is 10.0. The topological polar surface area (TPSA) is 68.3 Å². The third-order valence-electron chi connectivity index (χ3n) is 5.24. The highest BCUT2D eigenvalue weighted by Crippen LogP contribution is 2.31. The quantitative estimate of drug-likeness (QED) is 0.415. The number of rotatable bonds is 9. The zero-order chi connectivity index (χ0) is 23.6. The monoisotopic (exact) mass is 450 g/mol. The van der Waals surface area contributed by atoms with E-state index in [4.69, 9.17) is 9.47 Å². The van der Waals surface area contributed by atoms with E-state index >= 15 is 0 Å². The lowest BCUT2D eigenvalue weighted by Crippen LogP contribution is -2.37. The first-order chi connectivity index (χ1) is 16.0. The summed E-state index contributed by atoms with van der Waals surface area (Å²) in [6, 6.07) is 12.0. The number of fused-ring (bicyclic) bond motifs is 1. The van der Waals surface area contributed by atoms with Crippen LogP contribution >= 0.6 is 0 Å². The van der Waals surface area contributed by atoms with Gasteiger partial charge in [0.05, 0.1) is 18.4 Å². The molecule has 7 heteroatoms. The van der Waals surface area contributed by atoms with Gasteiger partial charge in [0.1, 0.15) is 18.1 Å². The Kier molecular flexibility index (Phi) is 8.66. The van der Waals surface area contributed by atoms with E-state index in [-0.39, 0.29) is 0 Å². The first-order valence-corrected chi connectivity index (χ1v) is 10.9. The minimum Gasteiger partial charge on any atom is -0.490 e. The average Bonchev–Trinajstić information content (AvgIpc) is 2.83. The molecule has 0 atom stereocenters. The van der Waals surface area contributed by atoms with Crippen molar-refractivity contribution in [3.05, 3.63) is 78.4 Å². The van der Waals surface area contributed by atoms with E-state index in [0.29, 0.717) is 24.5 Å². The van der Waals surface area contributed by atoms with Crippen LogP contribution in [0.4, 0.5) is 10.5 Å². The molecule has 0 saturated carbocycles. The number of benzene rings is 2. The molecule has 1 amide bonds. The number of methoxy groups -OCH3 is 1. The maximum absolute atomic E-state index is 12.8. The van der Waals surface area contributed by atoms with Gasteiger partial charge in [0, 0.05) is 19.6 Å². The summed E-state index contributed by atoms with van der Waals surface area (Å²) in [5.41, 5.74) is 2.27. The second-order valence-corrected chi connectivity index (χ2v) is 7.72. The highest BCUT2D eigenvalue weighted by Gasteiger charge is 2.24. The van der Waals surface area contributed by atoms with E-state index in [1.54, 1.807) is 29.2 Å². The fourth-order valence-electron chi connectivity index (χ4n) is 3.55. The largest absolute Gasteiger partial charge is 0.490 e. The summed E-state index contributed by atoms with van der Waals surface area (Å²) in [5, 5.41) is 0. The van der Waals surface area contributed by atoms with Crippen LogP contribution in [0.1, 0.15) is 22.3 Å². The summed E-state index contributed by atoms with van der Waals surface area (Å²) in [5.74, 6) is 0.697. The number of likely N-dealkylation sites (N-methyl/N-ethyl adjacent to an activating group) is 1. The van der Waals surface area contributed by atoms with Gasteiger partial charge in [-0.15, -0.1) is 6.58 Å². The van der Waals surface area contributed by atoms with Crippen molar-refractivity contribution in [3.8, 4) is 11.5 Å². The van der Waals surface area contributed by atoms with Gasteiger partial charge in [-0.2, -0.15) is 0 Å². The predicted molar refractivity (Wildman–Crippen MR) is 128 cm³/mol. The fraction of sp³-hybridized carbons (Fsp3) is 0.308. The molecule has 1 heterocycles. The van der Waals surface area contributed by atoms with E-state index in [9.17, 15) is 9.59 Å². The van der Waals surface area contributed by atoms with E-state index in [2.05, 4.69) is 22.3 Å². The number of carbonyl (C=O) groups is 2. The van der Waals surface area contributed by atoms with Crippen molar-refractivity contribution in [2.45, 2.75) is 12.8 Å². The second kappa shape index (κ2) is 11.9. The van der Waals surface area contributed by atoms with Crippen LogP contribution in [0.15, 0.2) is 67.3 Å². The summed E-state index contributed by atoms with van der Waals surface area (Å²) >= 11 is 0. The molecule has 0 fully saturated rings. The number of aryl methyl sites for hydroxylation is 1. The zero-order valence-electron chi connectivity index (χ0n) is 19.2. The highest BCUT2D eigenvalue weighted by molar-refractivity contribution is 5.91. The van der Waals surface area contributed by atoms with E-state index in [0.717, 1.165) is 42.9 Å².